The molecule has 0 saturated carbocycles. The number of nitriles is 1. The summed E-state index contributed by atoms with van der Waals surface area (Å²) in [6.45, 7) is 3.72. The number of pyridine rings is 1. The summed E-state index contributed by atoms with van der Waals surface area (Å²) in [6, 6.07) is 12.9. The van der Waals surface area contributed by atoms with Crippen LogP contribution in [-0.4, -0.2) is 10.9 Å². The third-order valence-electron chi connectivity index (χ3n) is 3.09. The first-order chi connectivity index (χ1) is 9.53. The molecule has 4 nitrogen and oxygen atoms in total. The molecule has 0 aliphatic rings. The molecule has 1 heterocycles. The van der Waals surface area contributed by atoms with Crippen LogP contribution in [0.25, 0.3) is 0 Å². The minimum atomic E-state index is -0.534. The van der Waals surface area contributed by atoms with Crippen LogP contribution in [0.4, 0.5) is 5.69 Å². The molecule has 0 aliphatic heterocycles. The minimum absolute atomic E-state index is 0.181. The van der Waals surface area contributed by atoms with E-state index < -0.39 is 5.41 Å². The molecule has 0 unspecified atom stereocenters. The van der Waals surface area contributed by atoms with Gasteiger partial charge in [0.25, 0.3) is 5.91 Å². The number of nitrogens with zero attached hydrogens (tertiary/aromatic N) is 2. The average Bonchev–Trinajstić information content (AvgIpc) is 2.48. The Morgan fingerprint density at radius 2 is 1.75 bits per heavy atom. The normalized spacial score (nSPS) is 10.7. The molecule has 1 aromatic heterocycles. The monoisotopic (exact) mass is 265 g/mol. The lowest BCUT2D eigenvalue weighted by Gasteiger charge is -2.16. The molecular weight excluding hydrogens is 250 g/mol. The zero-order valence-electron chi connectivity index (χ0n) is 11.4. The van der Waals surface area contributed by atoms with Crippen LogP contribution in [-0.2, 0) is 5.41 Å². The lowest BCUT2D eigenvalue weighted by Crippen LogP contribution is -2.15. The summed E-state index contributed by atoms with van der Waals surface area (Å²) in [5.74, 6) is -0.181. The fourth-order valence-electron chi connectivity index (χ4n) is 1.74. The number of carbonyl (C=O) groups is 1. The average molecular weight is 265 g/mol. The number of rotatable bonds is 3. The number of hydrogen-bond donors (Lipinski definition) is 1. The second kappa shape index (κ2) is 5.54. The third kappa shape index (κ3) is 3.01. The van der Waals surface area contributed by atoms with E-state index in [1.165, 1.54) is 0 Å². The van der Waals surface area contributed by atoms with Crippen LogP contribution in [0.3, 0.4) is 0 Å². The van der Waals surface area contributed by atoms with E-state index in [1.807, 2.05) is 26.0 Å². The zero-order valence-corrected chi connectivity index (χ0v) is 11.4. The van der Waals surface area contributed by atoms with E-state index in [9.17, 15) is 4.79 Å². The van der Waals surface area contributed by atoms with Crippen LogP contribution in [0.5, 0.6) is 0 Å². The Kier molecular flexibility index (Phi) is 3.81. The quantitative estimate of drug-likeness (QED) is 0.927. The Morgan fingerprint density at radius 3 is 2.30 bits per heavy atom. The number of amides is 1. The van der Waals surface area contributed by atoms with Gasteiger partial charge in [0.1, 0.15) is 0 Å². The molecule has 4 heteroatoms. The Morgan fingerprint density at radius 1 is 1.15 bits per heavy atom. The fraction of sp³-hybridized carbons (Fsp3) is 0.188. The molecule has 0 bridgehead atoms. The Hall–Kier alpha value is -2.67. The van der Waals surface area contributed by atoms with Crippen LogP contribution in [0.15, 0.2) is 48.8 Å². The summed E-state index contributed by atoms with van der Waals surface area (Å²) in [6.07, 6.45) is 3.15. The molecule has 1 amide bonds. The van der Waals surface area contributed by atoms with Crippen LogP contribution in [0.1, 0.15) is 29.8 Å². The Bertz CT molecular complexity index is 640. The maximum Gasteiger partial charge on any atom is 0.255 e. The number of benzene rings is 1. The van der Waals surface area contributed by atoms with Crippen molar-refractivity contribution in [3.05, 3.63) is 59.9 Å². The summed E-state index contributed by atoms with van der Waals surface area (Å²) in [7, 11) is 0. The SMILES string of the molecule is CC(C)(C#N)c1ccc(NC(=O)c2ccncc2)cc1. The molecule has 2 aromatic rings. The summed E-state index contributed by atoms with van der Waals surface area (Å²) < 4.78 is 0. The molecule has 0 saturated heterocycles. The van der Waals surface area contributed by atoms with Crippen molar-refractivity contribution in [2.45, 2.75) is 19.3 Å². The molecule has 100 valence electrons. The summed E-state index contributed by atoms with van der Waals surface area (Å²) >= 11 is 0. The van der Waals surface area contributed by atoms with Gasteiger partial charge in [-0.3, -0.25) is 9.78 Å². The van der Waals surface area contributed by atoms with E-state index in [0.717, 1.165) is 5.56 Å². The van der Waals surface area contributed by atoms with Crippen molar-refractivity contribution in [1.82, 2.24) is 4.98 Å². The molecule has 0 atom stereocenters. The third-order valence-corrected chi connectivity index (χ3v) is 3.09. The number of carbonyl (C=O) groups excluding carboxylic acids is 1. The molecule has 0 spiro atoms. The van der Waals surface area contributed by atoms with Gasteiger partial charge in [0, 0.05) is 23.6 Å². The van der Waals surface area contributed by atoms with E-state index in [0.29, 0.717) is 11.3 Å². The van der Waals surface area contributed by atoms with Crippen molar-refractivity contribution in [3.63, 3.8) is 0 Å². The van der Waals surface area contributed by atoms with Crippen LogP contribution in [0, 0.1) is 11.3 Å². The summed E-state index contributed by atoms with van der Waals surface area (Å²) in [5, 5.41) is 11.9. The second-order valence-electron chi connectivity index (χ2n) is 5.00. The number of hydrogen-bond acceptors (Lipinski definition) is 3. The van der Waals surface area contributed by atoms with Gasteiger partial charge in [-0.1, -0.05) is 12.1 Å². The van der Waals surface area contributed by atoms with E-state index >= 15 is 0 Å². The van der Waals surface area contributed by atoms with Crippen molar-refractivity contribution in [2.75, 3.05) is 5.32 Å². The van der Waals surface area contributed by atoms with Crippen molar-refractivity contribution < 1.29 is 4.79 Å². The highest BCUT2D eigenvalue weighted by Gasteiger charge is 2.19. The highest BCUT2D eigenvalue weighted by molar-refractivity contribution is 6.04. The van der Waals surface area contributed by atoms with Gasteiger partial charge in [-0.25, -0.2) is 0 Å². The largest absolute Gasteiger partial charge is 0.322 e. The first kappa shape index (κ1) is 13.8. The highest BCUT2D eigenvalue weighted by Crippen LogP contribution is 2.23. The van der Waals surface area contributed by atoms with Gasteiger partial charge < -0.3 is 5.32 Å². The Labute approximate surface area is 118 Å². The van der Waals surface area contributed by atoms with E-state index in [-0.39, 0.29) is 5.91 Å². The van der Waals surface area contributed by atoms with Gasteiger partial charge in [-0.2, -0.15) is 5.26 Å². The molecular formula is C16H15N3O. The van der Waals surface area contributed by atoms with E-state index in [1.54, 1.807) is 36.7 Å². The molecule has 0 radical (unpaired) electrons. The van der Waals surface area contributed by atoms with Crippen molar-refractivity contribution in [2.24, 2.45) is 0 Å². The maximum atomic E-state index is 12.0. The van der Waals surface area contributed by atoms with Crippen LogP contribution >= 0.6 is 0 Å². The van der Waals surface area contributed by atoms with Gasteiger partial charge in [0.15, 0.2) is 0 Å². The molecule has 1 N–H and O–H groups in total. The van der Waals surface area contributed by atoms with Gasteiger partial charge in [0.05, 0.1) is 11.5 Å². The molecule has 0 fully saturated rings. The summed E-state index contributed by atoms with van der Waals surface area (Å²) in [4.78, 5) is 15.8. The maximum absolute atomic E-state index is 12.0. The smallest absolute Gasteiger partial charge is 0.255 e. The van der Waals surface area contributed by atoms with Crippen LogP contribution < -0.4 is 5.32 Å². The number of nitrogens with one attached hydrogen (secondary N) is 1. The van der Waals surface area contributed by atoms with E-state index in [2.05, 4.69) is 16.4 Å². The fourth-order valence-corrected chi connectivity index (χ4v) is 1.74. The van der Waals surface area contributed by atoms with Gasteiger partial charge in [-0.05, 0) is 43.7 Å². The van der Waals surface area contributed by atoms with Crippen molar-refractivity contribution in [3.8, 4) is 6.07 Å². The van der Waals surface area contributed by atoms with Crippen molar-refractivity contribution >= 4 is 11.6 Å². The number of aromatic nitrogens is 1. The van der Waals surface area contributed by atoms with Gasteiger partial charge >= 0.3 is 0 Å². The molecule has 0 aliphatic carbocycles. The lowest BCUT2D eigenvalue weighted by molar-refractivity contribution is 0.102. The van der Waals surface area contributed by atoms with Gasteiger partial charge in [-0.15, -0.1) is 0 Å². The number of anilines is 1. The first-order valence-corrected chi connectivity index (χ1v) is 6.26. The highest BCUT2D eigenvalue weighted by atomic mass is 16.1. The van der Waals surface area contributed by atoms with Crippen LogP contribution in [0.2, 0.25) is 0 Å². The Balaban J connectivity index is 2.13. The lowest BCUT2D eigenvalue weighted by atomic mass is 9.86. The first-order valence-electron chi connectivity index (χ1n) is 6.26. The van der Waals surface area contributed by atoms with Crippen molar-refractivity contribution in [1.29, 1.82) is 5.26 Å². The zero-order chi connectivity index (χ0) is 14.6. The molecule has 1 aromatic carbocycles. The second-order valence-corrected chi connectivity index (χ2v) is 5.00. The topological polar surface area (TPSA) is 65.8 Å². The van der Waals surface area contributed by atoms with E-state index in [4.69, 9.17) is 5.26 Å². The minimum Gasteiger partial charge on any atom is -0.322 e. The predicted octanol–water partition coefficient (Wildman–Crippen LogP) is 3.14. The molecule has 20 heavy (non-hydrogen) atoms. The standard InChI is InChI=1S/C16H15N3O/c1-16(2,11-17)13-3-5-14(6-4-13)19-15(20)12-7-9-18-10-8-12/h3-10H,1-2H3,(H,19,20). The molecule has 2 rings (SSSR count). The predicted molar refractivity (Wildman–Crippen MR) is 77.3 cm³/mol. The summed E-state index contributed by atoms with van der Waals surface area (Å²) in [5.41, 5.74) is 1.64. The van der Waals surface area contributed by atoms with Gasteiger partial charge in [0.2, 0.25) is 0 Å².